The maximum Gasteiger partial charge on any atom is 0.104 e. The molecule has 0 saturated heterocycles. The number of hydrogen-bond donors (Lipinski definition) is 1. The predicted octanol–water partition coefficient (Wildman–Crippen LogP) is 2.48. The lowest BCUT2D eigenvalue weighted by atomic mass is 9.95. The second-order valence-corrected chi connectivity index (χ2v) is 3.59. The lowest BCUT2D eigenvalue weighted by Crippen LogP contribution is -2.22. The van der Waals surface area contributed by atoms with Gasteiger partial charge in [-0.3, -0.25) is 4.98 Å². The summed E-state index contributed by atoms with van der Waals surface area (Å²) >= 11 is 0. The van der Waals surface area contributed by atoms with Gasteiger partial charge < -0.3 is 5.11 Å². The van der Waals surface area contributed by atoms with Gasteiger partial charge in [0.1, 0.15) is 5.60 Å². The maximum absolute atomic E-state index is 10.1. The minimum Gasteiger partial charge on any atom is -0.384 e. The van der Waals surface area contributed by atoms with E-state index in [1.807, 2.05) is 25.1 Å². The Bertz CT molecular complexity index is 244. The Hall–Kier alpha value is -0.890. The normalized spacial score (nSPS) is 15.3. The van der Waals surface area contributed by atoms with Crippen molar-refractivity contribution in [2.45, 2.75) is 38.7 Å². The van der Waals surface area contributed by atoms with Crippen molar-refractivity contribution >= 4 is 0 Å². The van der Waals surface area contributed by atoms with Gasteiger partial charge in [-0.05, 0) is 25.5 Å². The van der Waals surface area contributed by atoms with Crippen molar-refractivity contribution in [3.8, 4) is 0 Å². The first-order chi connectivity index (χ1) is 6.17. The first-order valence-corrected chi connectivity index (χ1v) is 4.80. The fourth-order valence-corrected chi connectivity index (χ4v) is 1.33. The molecule has 1 N–H and O–H groups in total. The molecule has 0 saturated carbocycles. The maximum atomic E-state index is 10.1. The van der Waals surface area contributed by atoms with Crippen molar-refractivity contribution < 1.29 is 5.11 Å². The molecule has 0 aliphatic heterocycles. The molecule has 2 heteroatoms. The van der Waals surface area contributed by atoms with E-state index in [0.717, 1.165) is 25.0 Å². The summed E-state index contributed by atoms with van der Waals surface area (Å²) in [6.07, 6.45) is 4.63. The topological polar surface area (TPSA) is 33.1 Å². The Kier molecular flexibility index (Phi) is 3.43. The van der Waals surface area contributed by atoms with Gasteiger partial charge in [0.25, 0.3) is 0 Å². The van der Waals surface area contributed by atoms with Gasteiger partial charge in [0.15, 0.2) is 0 Å². The van der Waals surface area contributed by atoms with Crippen molar-refractivity contribution in [2.75, 3.05) is 0 Å². The molecule has 0 bridgehead atoms. The van der Waals surface area contributed by atoms with Crippen LogP contribution in [0.15, 0.2) is 24.4 Å². The quantitative estimate of drug-likeness (QED) is 0.770. The summed E-state index contributed by atoms with van der Waals surface area (Å²) in [7, 11) is 0. The third kappa shape index (κ3) is 2.81. The van der Waals surface area contributed by atoms with Crippen LogP contribution in [0.5, 0.6) is 0 Å². The molecule has 1 rings (SSSR count). The fraction of sp³-hybridized carbons (Fsp3) is 0.545. The molecular formula is C11H17NO. The van der Waals surface area contributed by atoms with E-state index in [-0.39, 0.29) is 0 Å². The highest BCUT2D eigenvalue weighted by Crippen LogP contribution is 2.24. The lowest BCUT2D eigenvalue weighted by molar-refractivity contribution is 0.0409. The molecule has 1 atom stereocenters. The Morgan fingerprint density at radius 1 is 1.46 bits per heavy atom. The number of nitrogens with zero attached hydrogens (tertiary/aromatic N) is 1. The highest BCUT2D eigenvalue weighted by atomic mass is 16.3. The molecule has 13 heavy (non-hydrogen) atoms. The first kappa shape index (κ1) is 10.2. The minimum atomic E-state index is -0.767. The number of hydrogen-bond acceptors (Lipinski definition) is 2. The second kappa shape index (κ2) is 4.38. The van der Waals surface area contributed by atoms with Crippen molar-refractivity contribution in [1.29, 1.82) is 0 Å². The molecule has 0 fully saturated rings. The molecular weight excluding hydrogens is 162 g/mol. The van der Waals surface area contributed by atoms with Gasteiger partial charge in [0.2, 0.25) is 0 Å². The van der Waals surface area contributed by atoms with Crippen LogP contribution in [-0.4, -0.2) is 10.1 Å². The van der Waals surface area contributed by atoms with Gasteiger partial charge in [0.05, 0.1) is 5.69 Å². The molecule has 72 valence electrons. The first-order valence-electron chi connectivity index (χ1n) is 4.80. The summed E-state index contributed by atoms with van der Waals surface area (Å²) in [6, 6.07) is 5.64. The van der Waals surface area contributed by atoms with Gasteiger partial charge in [-0.25, -0.2) is 0 Å². The van der Waals surface area contributed by atoms with Crippen molar-refractivity contribution in [3.63, 3.8) is 0 Å². The van der Waals surface area contributed by atoms with E-state index in [9.17, 15) is 5.11 Å². The van der Waals surface area contributed by atoms with Gasteiger partial charge in [-0.2, -0.15) is 0 Å². The van der Waals surface area contributed by atoms with Crippen LogP contribution in [0.25, 0.3) is 0 Å². The molecule has 0 aliphatic carbocycles. The van der Waals surface area contributed by atoms with Crippen molar-refractivity contribution in [2.24, 2.45) is 0 Å². The summed E-state index contributed by atoms with van der Waals surface area (Å²) in [5, 5.41) is 10.1. The van der Waals surface area contributed by atoms with Crippen molar-refractivity contribution in [1.82, 2.24) is 4.98 Å². The van der Waals surface area contributed by atoms with Crippen LogP contribution < -0.4 is 0 Å². The molecule has 1 aromatic rings. The number of aromatic nitrogens is 1. The standard InChI is InChI=1S/C11H17NO/c1-3-4-8-11(2,13)10-7-5-6-9-12-10/h5-7,9,13H,3-4,8H2,1-2H3. The van der Waals surface area contributed by atoms with E-state index < -0.39 is 5.60 Å². The highest BCUT2D eigenvalue weighted by molar-refractivity contribution is 5.11. The lowest BCUT2D eigenvalue weighted by Gasteiger charge is -2.22. The average Bonchev–Trinajstić information content (AvgIpc) is 2.16. The van der Waals surface area contributed by atoms with E-state index in [1.165, 1.54) is 0 Å². The third-order valence-corrected chi connectivity index (χ3v) is 2.23. The number of aliphatic hydroxyl groups is 1. The summed E-state index contributed by atoms with van der Waals surface area (Å²) < 4.78 is 0. The van der Waals surface area contributed by atoms with Gasteiger partial charge in [0, 0.05) is 6.20 Å². The Labute approximate surface area is 79.6 Å². The Balaban J connectivity index is 2.69. The SMILES string of the molecule is CCCCC(C)(O)c1ccccn1. The van der Waals surface area contributed by atoms with Crippen LogP contribution in [-0.2, 0) is 5.60 Å². The third-order valence-electron chi connectivity index (χ3n) is 2.23. The monoisotopic (exact) mass is 179 g/mol. The van der Waals surface area contributed by atoms with E-state index in [4.69, 9.17) is 0 Å². The van der Waals surface area contributed by atoms with Crippen LogP contribution in [0.4, 0.5) is 0 Å². The summed E-state index contributed by atoms with van der Waals surface area (Å²) in [4.78, 5) is 4.15. The van der Waals surface area contributed by atoms with E-state index in [1.54, 1.807) is 6.20 Å². The predicted molar refractivity (Wildman–Crippen MR) is 53.3 cm³/mol. The van der Waals surface area contributed by atoms with Crippen LogP contribution >= 0.6 is 0 Å². The van der Waals surface area contributed by atoms with Gasteiger partial charge >= 0.3 is 0 Å². The van der Waals surface area contributed by atoms with Gasteiger partial charge in [-0.15, -0.1) is 0 Å². The zero-order chi connectivity index (χ0) is 9.73. The van der Waals surface area contributed by atoms with Crippen LogP contribution in [0, 0.1) is 0 Å². The number of pyridine rings is 1. The molecule has 0 aromatic carbocycles. The molecule has 0 aliphatic rings. The molecule has 0 amide bonds. The number of rotatable bonds is 4. The second-order valence-electron chi connectivity index (χ2n) is 3.59. The summed E-state index contributed by atoms with van der Waals surface area (Å²) in [6.45, 7) is 3.94. The number of unbranched alkanes of at least 4 members (excludes halogenated alkanes) is 1. The molecule has 0 spiro atoms. The Morgan fingerprint density at radius 2 is 2.23 bits per heavy atom. The Morgan fingerprint density at radius 3 is 2.77 bits per heavy atom. The zero-order valence-electron chi connectivity index (χ0n) is 8.33. The van der Waals surface area contributed by atoms with E-state index in [0.29, 0.717) is 0 Å². The van der Waals surface area contributed by atoms with E-state index >= 15 is 0 Å². The molecule has 1 heterocycles. The highest BCUT2D eigenvalue weighted by Gasteiger charge is 2.22. The van der Waals surface area contributed by atoms with E-state index in [2.05, 4.69) is 11.9 Å². The molecule has 1 unspecified atom stereocenters. The van der Waals surface area contributed by atoms with Gasteiger partial charge in [-0.1, -0.05) is 25.8 Å². The molecule has 1 aromatic heterocycles. The largest absolute Gasteiger partial charge is 0.384 e. The van der Waals surface area contributed by atoms with Crippen LogP contribution in [0.2, 0.25) is 0 Å². The van der Waals surface area contributed by atoms with Crippen LogP contribution in [0.3, 0.4) is 0 Å². The molecule has 2 nitrogen and oxygen atoms in total. The average molecular weight is 179 g/mol. The van der Waals surface area contributed by atoms with Crippen molar-refractivity contribution in [3.05, 3.63) is 30.1 Å². The molecule has 0 radical (unpaired) electrons. The zero-order valence-corrected chi connectivity index (χ0v) is 8.33. The van der Waals surface area contributed by atoms with Crippen LogP contribution in [0.1, 0.15) is 38.8 Å². The smallest absolute Gasteiger partial charge is 0.104 e. The summed E-state index contributed by atoms with van der Waals surface area (Å²) in [5.74, 6) is 0. The minimum absolute atomic E-state index is 0.767. The summed E-state index contributed by atoms with van der Waals surface area (Å²) in [5.41, 5.74) is 0.000486. The fourth-order valence-electron chi connectivity index (χ4n) is 1.33.